The molecule has 5 heteroatoms. The van der Waals surface area contributed by atoms with Gasteiger partial charge in [0, 0.05) is 36.1 Å². The summed E-state index contributed by atoms with van der Waals surface area (Å²) < 4.78 is 4.40. The van der Waals surface area contributed by atoms with Crippen molar-refractivity contribution in [1.82, 2.24) is 9.36 Å². The lowest BCUT2D eigenvalue weighted by Crippen LogP contribution is -2.45. The summed E-state index contributed by atoms with van der Waals surface area (Å²) in [6.07, 6.45) is 2.11. The molecule has 1 aromatic heterocycles. The van der Waals surface area contributed by atoms with E-state index in [1.165, 1.54) is 11.5 Å². The number of anilines is 1. The Kier molecular flexibility index (Phi) is 3.44. The SMILES string of the molecule is CC(C)c1nsc(N2CCC(N)CC2C)n1. The molecule has 2 N–H and O–H groups in total. The molecule has 1 aromatic rings. The van der Waals surface area contributed by atoms with Gasteiger partial charge in [-0.05, 0) is 19.8 Å². The molecule has 0 aromatic carbocycles. The van der Waals surface area contributed by atoms with Crippen molar-refractivity contribution in [2.45, 2.75) is 51.6 Å². The van der Waals surface area contributed by atoms with Crippen LogP contribution >= 0.6 is 11.5 Å². The summed E-state index contributed by atoms with van der Waals surface area (Å²) in [5, 5.41) is 1.06. The maximum Gasteiger partial charge on any atom is 0.205 e. The Morgan fingerprint density at radius 2 is 2.25 bits per heavy atom. The van der Waals surface area contributed by atoms with E-state index < -0.39 is 0 Å². The van der Waals surface area contributed by atoms with E-state index in [1.807, 2.05) is 0 Å². The normalized spacial score (nSPS) is 26.4. The van der Waals surface area contributed by atoms with Crippen molar-refractivity contribution < 1.29 is 0 Å². The molecule has 1 aliphatic rings. The van der Waals surface area contributed by atoms with Gasteiger partial charge < -0.3 is 10.6 Å². The highest BCUT2D eigenvalue weighted by molar-refractivity contribution is 7.09. The Morgan fingerprint density at radius 1 is 1.50 bits per heavy atom. The first-order chi connectivity index (χ1) is 7.58. The molecule has 2 atom stereocenters. The number of hydrogen-bond acceptors (Lipinski definition) is 5. The van der Waals surface area contributed by atoms with E-state index in [2.05, 4.69) is 35.0 Å². The van der Waals surface area contributed by atoms with E-state index in [4.69, 9.17) is 5.73 Å². The summed E-state index contributed by atoms with van der Waals surface area (Å²) in [5.74, 6) is 1.37. The smallest absolute Gasteiger partial charge is 0.205 e. The monoisotopic (exact) mass is 240 g/mol. The third-order valence-corrected chi connectivity index (χ3v) is 3.88. The van der Waals surface area contributed by atoms with Crippen LogP contribution in [-0.2, 0) is 0 Å². The molecule has 0 radical (unpaired) electrons. The number of nitrogens with zero attached hydrogens (tertiary/aromatic N) is 3. The molecule has 0 amide bonds. The van der Waals surface area contributed by atoms with Gasteiger partial charge in [0.2, 0.25) is 5.13 Å². The van der Waals surface area contributed by atoms with Crippen LogP contribution in [-0.4, -0.2) is 28.0 Å². The van der Waals surface area contributed by atoms with Gasteiger partial charge in [0.1, 0.15) is 5.82 Å². The number of nitrogens with two attached hydrogens (primary N) is 1. The van der Waals surface area contributed by atoms with Crippen LogP contribution in [0.4, 0.5) is 5.13 Å². The fraction of sp³-hybridized carbons (Fsp3) is 0.818. The summed E-state index contributed by atoms with van der Waals surface area (Å²) >= 11 is 1.51. The van der Waals surface area contributed by atoms with Crippen molar-refractivity contribution in [3.8, 4) is 0 Å². The van der Waals surface area contributed by atoms with Crippen LogP contribution in [0.3, 0.4) is 0 Å². The standard InChI is InChI=1S/C11H20N4S/c1-7(2)10-13-11(16-14-10)15-5-4-9(12)6-8(15)3/h7-9H,4-6,12H2,1-3H3. The molecule has 0 saturated carbocycles. The molecule has 2 unspecified atom stereocenters. The van der Waals surface area contributed by atoms with Crippen LogP contribution in [0.15, 0.2) is 0 Å². The molecule has 90 valence electrons. The predicted octanol–water partition coefficient (Wildman–Crippen LogP) is 1.98. The van der Waals surface area contributed by atoms with Crippen molar-refractivity contribution in [2.75, 3.05) is 11.4 Å². The van der Waals surface area contributed by atoms with E-state index in [1.54, 1.807) is 0 Å². The minimum atomic E-state index is 0.351. The largest absolute Gasteiger partial charge is 0.344 e. The van der Waals surface area contributed by atoms with Gasteiger partial charge in [-0.3, -0.25) is 0 Å². The van der Waals surface area contributed by atoms with E-state index in [-0.39, 0.29) is 0 Å². The van der Waals surface area contributed by atoms with Gasteiger partial charge in [-0.1, -0.05) is 13.8 Å². The summed E-state index contributed by atoms with van der Waals surface area (Å²) in [6.45, 7) is 7.48. The molecular formula is C11H20N4S. The van der Waals surface area contributed by atoms with Gasteiger partial charge in [0.25, 0.3) is 0 Å². The number of hydrogen-bond donors (Lipinski definition) is 1. The average Bonchev–Trinajstić information content (AvgIpc) is 2.66. The second-order valence-corrected chi connectivity index (χ2v) is 5.65. The Labute approximate surface area is 101 Å². The maximum atomic E-state index is 5.96. The van der Waals surface area contributed by atoms with Crippen LogP contribution in [0.25, 0.3) is 0 Å². The van der Waals surface area contributed by atoms with Crippen LogP contribution in [0.2, 0.25) is 0 Å². The van der Waals surface area contributed by atoms with Crippen LogP contribution < -0.4 is 10.6 Å². The molecule has 0 aliphatic carbocycles. The van der Waals surface area contributed by atoms with Crippen LogP contribution in [0, 0.1) is 0 Å². The molecule has 16 heavy (non-hydrogen) atoms. The summed E-state index contributed by atoms with van der Waals surface area (Å²) in [5.41, 5.74) is 5.96. The third kappa shape index (κ3) is 2.35. The zero-order valence-corrected chi connectivity index (χ0v) is 11.0. The number of piperidine rings is 1. The van der Waals surface area contributed by atoms with Gasteiger partial charge in [0.05, 0.1) is 0 Å². The average molecular weight is 240 g/mol. The van der Waals surface area contributed by atoms with Crippen molar-refractivity contribution in [3.63, 3.8) is 0 Å². The summed E-state index contributed by atoms with van der Waals surface area (Å²) in [4.78, 5) is 6.94. The van der Waals surface area contributed by atoms with Gasteiger partial charge in [-0.25, -0.2) is 4.98 Å². The highest BCUT2D eigenvalue weighted by Gasteiger charge is 2.25. The second kappa shape index (κ2) is 4.67. The molecule has 2 heterocycles. The predicted molar refractivity (Wildman–Crippen MR) is 68.0 cm³/mol. The first-order valence-electron chi connectivity index (χ1n) is 5.93. The topological polar surface area (TPSA) is 55.0 Å². The molecule has 4 nitrogen and oxygen atoms in total. The Hall–Kier alpha value is -0.680. The van der Waals surface area contributed by atoms with Crippen LogP contribution in [0.1, 0.15) is 45.4 Å². The fourth-order valence-corrected chi connectivity index (χ4v) is 3.01. The Bertz CT molecular complexity index is 350. The minimum Gasteiger partial charge on any atom is -0.344 e. The fourth-order valence-electron chi connectivity index (χ4n) is 2.07. The van der Waals surface area contributed by atoms with Gasteiger partial charge in [0.15, 0.2) is 0 Å². The van der Waals surface area contributed by atoms with Gasteiger partial charge in [-0.15, -0.1) is 0 Å². The number of aromatic nitrogens is 2. The van der Waals surface area contributed by atoms with Crippen molar-refractivity contribution in [1.29, 1.82) is 0 Å². The summed E-state index contributed by atoms with van der Waals surface area (Å²) in [6, 6.07) is 0.834. The zero-order valence-electron chi connectivity index (χ0n) is 10.2. The van der Waals surface area contributed by atoms with Crippen molar-refractivity contribution in [2.24, 2.45) is 5.73 Å². The third-order valence-electron chi connectivity index (χ3n) is 3.11. The Morgan fingerprint density at radius 3 is 2.81 bits per heavy atom. The van der Waals surface area contributed by atoms with E-state index in [9.17, 15) is 0 Å². The lowest BCUT2D eigenvalue weighted by Gasteiger charge is -2.35. The van der Waals surface area contributed by atoms with E-state index >= 15 is 0 Å². The second-order valence-electron chi connectivity index (χ2n) is 4.92. The summed E-state index contributed by atoms with van der Waals surface area (Å²) in [7, 11) is 0. The maximum absolute atomic E-state index is 5.96. The van der Waals surface area contributed by atoms with Gasteiger partial charge in [-0.2, -0.15) is 4.37 Å². The first-order valence-corrected chi connectivity index (χ1v) is 6.71. The molecule has 0 spiro atoms. The highest BCUT2D eigenvalue weighted by atomic mass is 32.1. The number of rotatable bonds is 2. The molecule has 1 aliphatic heterocycles. The lowest BCUT2D eigenvalue weighted by atomic mass is 10.00. The molecular weight excluding hydrogens is 220 g/mol. The van der Waals surface area contributed by atoms with Crippen LogP contribution in [0.5, 0.6) is 0 Å². The molecule has 2 rings (SSSR count). The molecule has 1 fully saturated rings. The minimum absolute atomic E-state index is 0.351. The Balaban J connectivity index is 2.11. The van der Waals surface area contributed by atoms with Gasteiger partial charge >= 0.3 is 0 Å². The zero-order chi connectivity index (χ0) is 11.7. The lowest BCUT2D eigenvalue weighted by molar-refractivity contribution is 0.429. The molecule has 0 bridgehead atoms. The van der Waals surface area contributed by atoms with E-state index in [0.717, 1.165) is 30.3 Å². The highest BCUT2D eigenvalue weighted by Crippen LogP contribution is 2.27. The van der Waals surface area contributed by atoms with Crippen molar-refractivity contribution in [3.05, 3.63) is 5.82 Å². The quantitative estimate of drug-likeness (QED) is 0.859. The van der Waals surface area contributed by atoms with E-state index in [0.29, 0.717) is 18.0 Å². The molecule has 1 saturated heterocycles. The first kappa shape index (κ1) is 11.8. The van der Waals surface area contributed by atoms with Crippen molar-refractivity contribution >= 4 is 16.7 Å².